The summed E-state index contributed by atoms with van der Waals surface area (Å²) in [7, 11) is 1.35. The van der Waals surface area contributed by atoms with Crippen LogP contribution in [0.2, 0.25) is 0 Å². The zero-order valence-electron chi connectivity index (χ0n) is 12.5. The van der Waals surface area contributed by atoms with Gasteiger partial charge in [-0.1, -0.05) is 29.8 Å². The fourth-order valence-electron chi connectivity index (χ4n) is 3.85. The lowest BCUT2D eigenvalue weighted by atomic mass is 9.77. The predicted molar refractivity (Wildman–Crippen MR) is 79.3 cm³/mol. The van der Waals surface area contributed by atoms with E-state index in [9.17, 15) is 9.59 Å². The molecule has 4 rings (SSSR count). The van der Waals surface area contributed by atoms with Crippen molar-refractivity contribution < 1.29 is 19.1 Å². The van der Waals surface area contributed by atoms with Crippen LogP contribution in [-0.2, 0) is 19.1 Å². The van der Waals surface area contributed by atoms with Crippen LogP contribution < -0.4 is 4.90 Å². The summed E-state index contributed by atoms with van der Waals surface area (Å²) in [6.45, 7) is 2.45. The molecule has 0 aromatic heterocycles. The first kappa shape index (κ1) is 13.5. The summed E-state index contributed by atoms with van der Waals surface area (Å²) in [5.74, 6) is -1.47. The highest BCUT2D eigenvalue weighted by molar-refractivity contribution is 6.02. The summed E-state index contributed by atoms with van der Waals surface area (Å²) in [6.07, 6.45) is 3.47. The minimum Gasteiger partial charge on any atom is -0.469 e. The molecule has 1 aromatic rings. The quantitative estimate of drug-likeness (QED) is 0.613. The third-order valence-electron chi connectivity index (χ3n) is 4.92. The van der Waals surface area contributed by atoms with Gasteiger partial charge in [-0.25, -0.2) is 0 Å². The number of hydrogen-bond acceptors (Lipinski definition) is 4. The number of rotatable bonds is 2. The van der Waals surface area contributed by atoms with Crippen molar-refractivity contribution in [3.63, 3.8) is 0 Å². The van der Waals surface area contributed by atoms with E-state index in [0.29, 0.717) is 6.54 Å². The van der Waals surface area contributed by atoms with Crippen LogP contribution in [0.3, 0.4) is 0 Å². The zero-order valence-corrected chi connectivity index (χ0v) is 12.5. The van der Waals surface area contributed by atoms with Crippen molar-refractivity contribution >= 4 is 17.6 Å². The lowest BCUT2D eigenvalue weighted by molar-refractivity contribution is -0.149. The lowest BCUT2D eigenvalue weighted by Gasteiger charge is -2.22. The first-order chi connectivity index (χ1) is 10.6. The Morgan fingerprint density at radius 3 is 2.77 bits per heavy atom. The van der Waals surface area contributed by atoms with Crippen LogP contribution >= 0.6 is 0 Å². The van der Waals surface area contributed by atoms with E-state index in [1.807, 2.05) is 43.3 Å². The van der Waals surface area contributed by atoms with Crippen molar-refractivity contribution in [1.29, 1.82) is 0 Å². The van der Waals surface area contributed by atoms with Crippen molar-refractivity contribution in [2.45, 2.75) is 18.6 Å². The van der Waals surface area contributed by atoms with E-state index in [-0.39, 0.29) is 18.0 Å². The standard InChI is InChI=1S/C17H17NO4/c1-10-3-5-11(6-4-10)18-9-17-8-7-12(22-17)13(16(20)21-2)14(17)15(18)19/h3-8,12-14H,9H2,1-2H3. The van der Waals surface area contributed by atoms with Gasteiger partial charge in [0.05, 0.1) is 25.7 Å². The number of hydrogen-bond donors (Lipinski definition) is 0. The number of anilines is 1. The molecule has 3 heterocycles. The summed E-state index contributed by atoms with van der Waals surface area (Å²) in [6, 6.07) is 7.79. The van der Waals surface area contributed by atoms with E-state index >= 15 is 0 Å². The molecule has 2 saturated heterocycles. The van der Waals surface area contributed by atoms with Gasteiger partial charge in [0.1, 0.15) is 11.5 Å². The van der Waals surface area contributed by atoms with Crippen molar-refractivity contribution in [3.8, 4) is 0 Å². The van der Waals surface area contributed by atoms with Gasteiger partial charge in [0.2, 0.25) is 5.91 Å². The number of carbonyl (C=O) groups is 2. The third kappa shape index (κ3) is 1.63. The summed E-state index contributed by atoms with van der Waals surface area (Å²) >= 11 is 0. The van der Waals surface area contributed by atoms with Gasteiger partial charge in [0.15, 0.2) is 0 Å². The molecular weight excluding hydrogens is 282 g/mol. The lowest BCUT2D eigenvalue weighted by Crippen LogP contribution is -2.39. The summed E-state index contributed by atoms with van der Waals surface area (Å²) in [5, 5.41) is 0. The molecule has 0 N–H and O–H groups in total. The fraction of sp³-hybridized carbons (Fsp3) is 0.412. The maximum Gasteiger partial charge on any atom is 0.312 e. The van der Waals surface area contributed by atoms with Gasteiger partial charge in [-0.05, 0) is 19.1 Å². The van der Waals surface area contributed by atoms with E-state index in [4.69, 9.17) is 9.47 Å². The highest BCUT2D eigenvalue weighted by Crippen LogP contribution is 2.52. The van der Waals surface area contributed by atoms with Crippen molar-refractivity contribution in [1.82, 2.24) is 0 Å². The maximum absolute atomic E-state index is 12.9. The molecule has 1 spiro atoms. The average molecular weight is 299 g/mol. The molecule has 5 nitrogen and oxygen atoms in total. The molecule has 1 aromatic carbocycles. The number of amides is 1. The molecule has 2 fully saturated rings. The van der Waals surface area contributed by atoms with Crippen molar-refractivity contribution in [3.05, 3.63) is 42.0 Å². The number of methoxy groups -OCH3 is 1. The molecule has 3 aliphatic heterocycles. The number of carbonyl (C=O) groups excluding carboxylic acids is 2. The first-order valence-electron chi connectivity index (χ1n) is 7.39. The Labute approximate surface area is 128 Å². The molecule has 114 valence electrons. The Hall–Kier alpha value is -2.14. The van der Waals surface area contributed by atoms with E-state index in [2.05, 4.69) is 0 Å². The fourth-order valence-corrected chi connectivity index (χ4v) is 3.85. The van der Waals surface area contributed by atoms with Gasteiger partial charge in [-0.15, -0.1) is 0 Å². The van der Waals surface area contributed by atoms with Gasteiger partial charge in [0, 0.05) is 5.69 Å². The number of benzene rings is 1. The number of ether oxygens (including phenoxy) is 2. The molecule has 22 heavy (non-hydrogen) atoms. The summed E-state index contributed by atoms with van der Waals surface area (Å²) in [4.78, 5) is 26.7. The van der Waals surface area contributed by atoms with Crippen molar-refractivity contribution in [2.75, 3.05) is 18.6 Å². The van der Waals surface area contributed by atoms with E-state index in [1.165, 1.54) is 7.11 Å². The van der Waals surface area contributed by atoms with Gasteiger partial charge in [-0.3, -0.25) is 9.59 Å². The molecule has 0 radical (unpaired) electrons. The van der Waals surface area contributed by atoms with E-state index < -0.39 is 17.4 Å². The minimum atomic E-state index is -0.689. The highest BCUT2D eigenvalue weighted by atomic mass is 16.5. The van der Waals surface area contributed by atoms with Gasteiger partial charge in [0.25, 0.3) is 0 Å². The van der Waals surface area contributed by atoms with Crippen LogP contribution in [0.25, 0.3) is 0 Å². The summed E-state index contributed by atoms with van der Waals surface area (Å²) in [5.41, 5.74) is 1.28. The Kier molecular flexibility index (Phi) is 2.72. The number of esters is 1. The molecule has 1 amide bonds. The van der Waals surface area contributed by atoms with Gasteiger partial charge in [-0.2, -0.15) is 0 Å². The normalized spacial score (nSPS) is 35.1. The van der Waals surface area contributed by atoms with Crippen LogP contribution in [0.1, 0.15) is 5.56 Å². The van der Waals surface area contributed by atoms with Gasteiger partial charge < -0.3 is 14.4 Å². The second-order valence-corrected chi connectivity index (χ2v) is 6.18. The zero-order chi connectivity index (χ0) is 15.5. The van der Waals surface area contributed by atoms with Crippen molar-refractivity contribution in [2.24, 2.45) is 11.8 Å². The maximum atomic E-state index is 12.9. The number of aryl methyl sites for hydroxylation is 1. The predicted octanol–water partition coefficient (Wildman–Crippen LogP) is 1.45. The second-order valence-electron chi connectivity index (χ2n) is 6.18. The molecule has 3 aliphatic rings. The highest BCUT2D eigenvalue weighted by Gasteiger charge is 2.67. The van der Waals surface area contributed by atoms with Crippen LogP contribution in [-0.4, -0.2) is 37.2 Å². The number of nitrogens with zero attached hydrogens (tertiary/aromatic N) is 1. The average Bonchev–Trinajstić information content (AvgIpc) is 3.16. The summed E-state index contributed by atoms with van der Waals surface area (Å²) < 4.78 is 10.9. The Morgan fingerprint density at radius 2 is 2.09 bits per heavy atom. The molecule has 2 bridgehead atoms. The SMILES string of the molecule is COC(=O)C1C2C=CC3(CN(c4ccc(C)cc4)C(=O)C13)O2. The van der Waals surface area contributed by atoms with E-state index in [1.54, 1.807) is 4.90 Å². The van der Waals surface area contributed by atoms with Gasteiger partial charge >= 0.3 is 5.97 Å². The topological polar surface area (TPSA) is 55.8 Å². The third-order valence-corrected chi connectivity index (χ3v) is 4.92. The first-order valence-corrected chi connectivity index (χ1v) is 7.39. The second kappa shape index (κ2) is 4.43. The largest absolute Gasteiger partial charge is 0.469 e. The Bertz CT molecular complexity index is 680. The Balaban J connectivity index is 1.71. The monoisotopic (exact) mass is 299 g/mol. The molecule has 0 saturated carbocycles. The number of fused-ring (bicyclic) bond motifs is 1. The Morgan fingerprint density at radius 1 is 1.36 bits per heavy atom. The van der Waals surface area contributed by atoms with E-state index in [0.717, 1.165) is 11.3 Å². The van der Waals surface area contributed by atoms with Crippen LogP contribution in [0.5, 0.6) is 0 Å². The molecular formula is C17H17NO4. The minimum absolute atomic E-state index is 0.0638. The van der Waals surface area contributed by atoms with Crippen LogP contribution in [0.4, 0.5) is 5.69 Å². The smallest absolute Gasteiger partial charge is 0.312 e. The molecule has 4 atom stereocenters. The van der Waals surface area contributed by atoms with Crippen LogP contribution in [0, 0.1) is 18.8 Å². The molecule has 4 unspecified atom stereocenters. The van der Waals surface area contributed by atoms with Crippen LogP contribution in [0.15, 0.2) is 36.4 Å². The molecule has 5 heteroatoms. The molecule has 0 aliphatic carbocycles.